The zero-order chi connectivity index (χ0) is 10.6. The van der Waals surface area contributed by atoms with E-state index >= 15 is 0 Å². The van der Waals surface area contributed by atoms with Gasteiger partial charge in [-0.05, 0) is 24.3 Å². The molecule has 0 heterocycles. The summed E-state index contributed by atoms with van der Waals surface area (Å²) in [6.07, 6.45) is -4.37. The van der Waals surface area contributed by atoms with E-state index in [0.717, 1.165) is 12.1 Å². The Morgan fingerprint density at radius 1 is 1.36 bits per heavy atom. The lowest BCUT2D eigenvalue weighted by molar-refractivity contribution is -0.137. The summed E-state index contributed by atoms with van der Waals surface area (Å²) in [5.74, 6) is 0.0849. The molecule has 77 valence electrons. The Morgan fingerprint density at radius 2 is 2.07 bits per heavy atom. The third kappa shape index (κ3) is 2.92. The number of alkyl halides is 3. The van der Waals surface area contributed by atoms with Gasteiger partial charge in [0, 0.05) is 7.11 Å². The predicted octanol–water partition coefficient (Wildman–Crippen LogP) is 2.49. The third-order valence-corrected chi connectivity index (χ3v) is 1.43. The fraction of sp³-hybridized carbons (Fsp3) is 0.333. The van der Waals surface area contributed by atoms with Crippen LogP contribution >= 0.6 is 0 Å². The van der Waals surface area contributed by atoms with E-state index in [-0.39, 0.29) is 12.5 Å². The van der Waals surface area contributed by atoms with Crippen LogP contribution in [0, 0.1) is 6.07 Å². The second-order valence-corrected chi connectivity index (χ2v) is 2.51. The Morgan fingerprint density at radius 3 is 2.64 bits per heavy atom. The van der Waals surface area contributed by atoms with E-state index in [1.54, 1.807) is 0 Å². The highest BCUT2D eigenvalue weighted by Gasteiger charge is 2.30. The molecular formula is C9H8F3O2. The van der Waals surface area contributed by atoms with Crippen molar-refractivity contribution >= 4 is 0 Å². The Hall–Kier alpha value is -1.23. The molecule has 0 fully saturated rings. The minimum absolute atomic E-state index is 0.0849. The van der Waals surface area contributed by atoms with Crippen molar-refractivity contribution in [2.45, 2.75) is 6.18 Å². The number of ether oxygens (including phenoxy) is 2. The quantitative estimate of drug-likeness (QED) is 0.706. The molecule has 14 heavy (non-hydrogen) atoms. The van der Waals surface area contributed by atoms with Crippen molar-refractivity contribution < 1.29 is 22.6 Å². The molecule has 1 aromatic rings. The zero-order valence-corrected chi connectivity index (χ0v) is 7.39. The summed E-state index contributed by atoms with van der Waals surface area (Å²) >= 11 is 0. The highest BCUT2D eigenvalue weighted by Crippen LogP contribution is 2.30. The molecule has 0 amide bonds. The van der Waals surface area contributed by atoms with E-state index in [9.17, 15) is 13.2 Å². The molecule has 1 rings (SSSR count). The zero-order valence-electron chi connectivity index (χ0n) is 7.39. The van der Waals surface area contributed by atoms with Crippen molar-refractivity contribution in [3.63, 3.8) is 0 Å². The average molecular weight is 205 g/mol. The molecule has 0 atom stereocenters. The lowest BCUT2D eigenvalue weighted by atomic mass is 10.2. The van der Waals surface area contributed by atoms with Crippen molar-refractivity contribution in [3.8, 4) is 5.75 Å². The minimum atomic E-state index is -4.37. The number of hydrogen-bond donors (Lipinski definition) is 0. The molecule has 0 saturated carbocycles. The number of hydrogen-bond acceptors (Lipinski definition) is 2. The van der Waals surface area contributed by atoms with E-state index in [2.05, 4.69) is 10.8 Å². The van der Waals surface area contributed by atoms with E-state index in [0.29, 0.717) is 0 Å². The molecule has 2 nitrogen and oxygen atoms in total. The fourth-order valence-electron chi connectivity index (χ4n) is 0.824. The van der Waals surface area contributed by atoms with Crippen molar-refractivity contribution in [2.24, 2.45) is 0 Å². The first-order valence-corrected chi connectivity index (χ1v) is 3.74. The number of benzene rings is 1. The van der Waals surface area contributed by atoms with Crippen molar-refractivity contribution in [1.29, 1.82) is 0 Å². The molecule has 0 aliphatic rings. The van der Waals surface area contributed by atoms with Crippen LogP contribution in [0.2, 0.25) is 0 Å². The maximum atomic E-state index is 12.2. The molecule has 0 bridgehead atoms. The molecule has 0 unspecified atom stereocenters. The number of rotatable bonds is 3. The van der Waals surface area contributed by atoms with Gasteiger partial charge in [0.2, 0.25) is 0 Å². The largest absolute Gasteiger partial charge is 0.468 e. The lowest BCUT2D eigenvalue weighted by Crippen LogP contribution is -2.06. The number of halogens is 3. The highest BCUT2D eigenvalue weighted by atomic mass is 19.4. The maximum Gasteiger partial charge on any atom is 0.416 e. The van der Waals surface area contributed by atoms with E-state index < -0.39 is 11.7 Å². The van der Waals surface area contributed by atoms with Gasteiger partial charge in [-0.3, -0.25) is 0 Å². The van der Waals surface area contributed by atoms with Gasteiger partial charge >= 0.3 is 6.18 Å². The normalized spacial score (nSPS) is 11.4. The van der Waals surface area contributed by atoms with Crippen molar-refractivity contribution in [3.05, 3.63) is 29.8 Å². The van der Waals surface area contributed by atoms with E-state index in [1.165, 1.54) is 13.2 Å². The summed E-state index contributed by atoms with van der Waals surface area (Å²) in [6.45, 7) is -0.0881. The van der Waals surface area contributed by atoms with Gasteiger partial charge < -0.3 is 9.47 Å². The Labute approximate surface area is 79.2 Å². The van der Waals surface area contributed by atoms with Crippen molar-refractivity contribution in [2.75, 3.05) is 13.9 Å². The van der Waals surface area contributed by atoms with Gasteiger partial charge in [-0.25, -0.2) is 0 Å². The molecule has 0 aliphatic heterocycles. The van der Waals surface area contributed by atoms with Crippen LogP contribution in [0.15, 0.2) is 18.2 Å². The molecule has 5 heteroatoms. The van der Waals surface area contributed by atoms with Crippen LogP contribution < -0.4 is 4.74 Å². The van der Waals surface area contributed by atoms with Crippen LogP contribution in [0.4, 0.5) is 13.2 Å². The second kappa shape index (κ2) is 4.32. The Bertz CT molecular complexity index is 296. The second-order valence-electron chi connectivity index (χ2n) is 2.51. The van der Waals surface area contributed by atoms with Crippen molar-refractivity contribution in [1.82, 2.24) is 0 Å². The monoisotopic (exact) mass is 205 g/mol. The van der Waals surface area contributed by atoms with Crippen LogP contribution in [-0.2, 0) is 10.9 Å². The fourth-order valence-corrected chi connectivity index (χ4v) is 0.824. The first-order valence-electron chi connectivity index (χ1n) is 3.74. The summed E-state index contributed by atoms with van der Waals surface area (Å²) < 4.78 is 45.9. The average Bonchev–Trinajstić information content (AvgIpc) is 2.14. The van der Waals surface area contributed by atoms with Crippen LogP contribution in [0.1, 0.15) is 5.56 Å². The summed E-state index contributed by atoms with van der Waals surface area (Å²) in [6, 6.07) is 5.42. The van der Waals surface area contributed by atoms with Crippen LogP contribution in [-0.4, -0.2) is 13.9 Å². The van der Waals surface area contributed by atoms with Crippen LogP contribution in [0.5, 0.6) is 5.75 Å². The van der Waals surface area contributed by atoms with Crippen LogP contribution in [0.3, 0.4) is 0 Å². The number of methoxy groups -OCH3 is 1. The van der Waals surface area contributed by atoms with Gasteiger partial charge in [-0.15, -0.1) is 0 Å². The Kier molecular flexibility index (Phi) is 3.35. The standard InChI is InChI=1S/C9H8F3O2/c1-13-6-14-8-4-2-3-7(5-8)9(10,11)12/h3-5H,6H2,1H3. The van der Waals surface area contributed by atoms with E-state index in [4.69, 9.17) is 4.74 Å². The molecule has 1 radical (unpaired) electrons. The Balaban J connectivity index is 2.79. The van der Waals surface area contributed by atoms with Gasteiger partial charge in [0.05, 0.1) is 5.56 Å². The summed E-state index contributed by atoms with van der Waals surface area (Å²) in [5.41, 5.74) is -0.786. The van der Waals surface area contributed by atoms with Gasteiger partial charge in [0.1, 0.15) is 5.75 Å². The lowest BCUT2D eigenvalue weighted by Gasteiger charge is -2.08. The SMILES string of the molecule is COCOc1c[c]cc(C(F)(F)F)c1. The van der Waals surface area contributed by atoms with Gasteiger partial charge in [-0.2, -0.15) is 13.2 Å². The highest BCUT2D eigenvalue weighted by molar-refractivity contribution is 5.29. The van der Waals surface area contributed by atoms with E-state index in [1.807, 2.05) is 0 Å². The first kappa shape index (κ1) is 10.8. The van der Waals surface area contributed by atoms with Gasteiger partial charge in [0.25, 0.3) is 0 Å². The third-order valence-electron chi connectivity index (χ3n) is 1.43. The molecule has 0 saturated heterocycles. The maximum absolute atomic E-state index is 12.2. The molecule has 0 aromatic heterocycles. The minimum Gasteiger partial charge on any atom is -0.468 e. The van der Waals surface area contributed by atoms with Crippen LogP contribution in [0.25, 0.3) is 0 Å². The predicted molar refractivity (Wildman–Crippen MR) is 42.8 cm³/mol. The summed E-state index contributed by atoms with van der Waals surface area (Å²) in [5, 5.41) is 0. The molecule has 0 aliphatic carbocycles. The summed E-state index contributed by atoms with van der Waals surface area (Å²) in [4.78, 5) is 0. The molecular weight excluding hydrogens is 197 g/mol. The molecule has 0 spiro atoms. The van der Waals surface area contributed by atoms with Gasteiger partial charge in [0.15, 0.2) is 6.79 Å². The molecule has 1 aromatic carbocycles. The van der Waals surface area contributed by atoms with Gasteiger partial charge in [-0.1, -0.05) is 0 Å². The topological polar surface area (TPSA) is 18.5 Å². The first-order chi connectivity index (χ1) is 6.54. The summed E-state index contributed by atoms with van der Waals surface area (Å²) in [7, 11) is 1.39. The smallest absolute Gasteiger partial charge is 0.416 e. The molecule has 0 N–H and O–H groups in total.